The van der Waals surface area contributed by atoms with Gasteiger partial charge in [0.15, 0.2) is 5.69 Å². The van der Waals surface area contributed by atoms with Crippen molar-refractivity contribution in [1.82, 2.24) is 15.3 Å². The number of carboxylic acid groups (broad SMARTS) is 1. The van der Waals surface area contributed by atoms with Gasteiger partial charge in [-0.1, -0.05) is 24.1 Å². The summed E-state index contributed by atoms with van der Waals surface area (Å²) in [5.41, 5.74) is 6.20. The van der Waals surface area contributed by atoms with Gasteiger partial charge < -0.3 is 21.5 Å². The first-order valence-electron chi connectivity index (χ1n) is 7.43. The molecule has 128 valence electrons. The van der Waals surface area contributed by atoms with Crippen LogP contribution >= 0.6 is 0 Å². The third-order valence-electron chi connectivity index (χ3n) is 3.06. The molecule has 8 heteroatoms. The van der Waals surface area contributed by atoms with Crippen molar-refractivity contribution in [1.29, 1.82) is 0 Å². The molecule has 0 saturated heterocycles. The number of anilines is 1. The van der Waals surface area contributed by atoms with Gasteiger partial charge in [0.1, 0.15) is 11.5 Å². The molecule has 25 heavy (non-hydrogen) atoms. The largest absolute Gasteiger partial charge is 0.465 e. The van der Waals surface area contributed by atoms with Crippen LogP contribution in [-0.2, 0) is 0 Å². The molecule has 1 aromatic heterocycles. The van der Waals surface area contributed by atoms with E-state index in [1.165, 1.54) is 6.20 Å². The zero-order chi connectivity index (χ0) is 18.2. The number of nitrogens with two attached hydrogens (primary N) is 1. The lowest BCUT2D eigenvalue weighted by atomic mass is 10.2. The average Bonchev–Trinajstić information content (AvgIpc) is 2.58. The van der Waals surface area contributed by atoms with E-state index in [4.69, 9.17) is 10.8 Å². The van der Waals surface area contributed by atoms with Gasteiger partial charge in [-0.2, -0.15) is 0 Å². The highest BCUT2D eigenvalue weighted by molar-refractivity contribution is 5.93. The summed E-state index contributed by atoms with van der Waals surface area (Å²) in [5, 5.41) is 13.9. The highest BCUT2D eigenvalue weighted by Gasteiger charge is 2.12. The average molecular weight is 339 g/mol. The second kappa shape index (κ2) is 8.31. The second-order valence-electron chi connectivity index (χ2n) is 5.16. The maximum atomic E-state index is 11.5. The van der Waals surface area contributed by atoms with Gasteiger partial charge in [0.05, 0.1) is 6.20 Å². The fourth-order valence-corrected chi connectivity index (χ4v) is 1.91. The third kappa shape index (κ3) is 5.51. The Labute approximate surface area is 144 Å². The van der Waals surface area contributed by atoms with E-state index in [1.54, 1.807) is 6.92 Å². The Hall–Kier alpha value is -3.60. The molecule has 0 spiro atoms. The van der Waals surface area contributed by atoms with Gasteiger partial charge in [0.25, 0.3) is 5.91 Å². The van der Waals surface area contributed by atoms with Gasteiger partial charge >= 0.3 is 6.09 Å². The molecule has 0 saturated carbocycles. The highest BCUT2D eigenvalue weighted by atomic mass is 16.4. The lowest BCUT2D eigenvalue weighted by Gasteiger charge is -2.13. The molecule has 0 aliphatic carbocycles. The van der Waals surface area contributed by atoms with Crippen molar-refractivity contribution in [3.63, 3.8) is 0 Å². The molecule has 8 nitrogen and oxygen atoms in total. The van der Waals surface area contributed by atoms with Crippen LogP contribution in [0.15, 0.2) is 36.5 Å². The number of carbonyl (C=O) groups excluding carboxylic acids is 1. The summed E-state index contributed by atoms with van der Waals surface area (Å²) < 4.78 is 0. The van der Waals surface area contributed by atoms with Crippen LogP contribution in [0.25, 0.3) is 0 Å². The van der Waals surface area contributed by atoms with Crippen LogP contribution in [-0.4, -0.2) is 39.7 Å². The predicted molar refractivity (Wildman–Crippen MR) is 92.1 cm³/mol. The molecule has 1 aromatic carbocycles. The minimum atomic E-state index is -1.11. The molecule has 0 fully saturated rings. The molecule has 2 rings (SSSR count). The van der Waals surface area contributed by atoms with Crippen LogP contribution in [0.2, 0.25) is 0 Å². The Morgan fingerprint density at radius 2 is 2.00 bits per heavy atom. The number of nitrogens with one attached hydrogen (secondary N) is 2. The normalized spacial score (nSPS) is 10.9. The maximum absolute atomic E-state index is 11.5. The van der Waals surface area contributed by atoms with Crippen molar-refractivity contribution in [2.24, 2.45) is 5.73 Å². The monoisotopic (exact) mass is 339 g/mol. The first kappa shape index (κ1) is 17.7. The lowest BCUT2D eigenvalue weighted by molar-refractivity contribution is 0.0995. The summed E-state index contributed by atoms with van der Waals surface area (Å²) in [7, 11) is 0. The van der Waals surface area contributed by atoms with E-state index in [9.17, 15) is 9.59 Å². The SMILES string of the molecule is CC(CNc1cnc(C(N)=O)c(C#Cc2ccccc2)n1)NC(=O)O. The molecule has 0 aliphatic rings. The Bertz CT molecular complexity index is 827. The topological polar surface area (TPSA) is 130 Å². The Kier molecular flexibility index (Phi) is 5.90. The molecule has 2 aromatic rings. The molecular weight excluding hydrogens is 322 g/mol. The molecule has 1 unspecified atom stereocenters. The quantitative estimate of drug-likeness (QED) is 0.602. The molecular formula is C17H17N5O3. The summed E-state index contributed by atoms with van der Waals surface area (Å²) in [4.78, 5) is 30.3. The second-order valence-corrected chi connectivity index (χ2v) is 5.16. The first-order chi connectivity index (χ1) is 12.0. The number of rotatable bonds is 5. The smallest absolute Gasteiger partial charge is 0.404 e. The number of hydrogen-bond donors (Lipinski definition) is 4. The van der Waals surface area contributed by atoms with Crippen LogP contribution < -0.4 is 16.4 Å². The minimum absolute atomic E-state index is 0.0225. The van der Waals surface area contributed by atoms with Gasteiger partial charge in [-0.05, 0) is 25.0 Å². The van der Waals surface area contributed by atoms with Crippen molar-refractivity contribution in [2.45, 2.75) is 13.0 Å². The standard InChI is InChI=1S/C17H17N5O3/c1-11(21-17(24)25)9-19-14-10-20-15(16(18)23)13(22-14)8-7-12-5-3-2-4-6-12/h2-6,10-11,21H,9H2,1H3,(H2,18,23)(H,19,22)(H,24,25). The zero-order valence-electron chi connectivity index (χ0n) is 13.5. The van der Waals surface area contributed by atoms with Crippen molar-refractivity contribution in [3.05, 3.63) is 53.5 Å². The van der Waals surface area contributed by atoms with Crippen LogP contribution in [0.1, 0.15) is 28.7 Å². The Morgan fingerprint density at radius 3 is 2.64 bits per heavy atom. The molecule has 2 amide bonds. The van der Waals surface area contributed by atoms with Crippen LogP contribution in [0, 0.1) is 11.8 Å². The van der Waals surface area contributed by atoms with Crippen molar-refractivity contribution < 1.29 is 14.7 Å². The summed E-state index contributed by atoms with van der Waals surface area (Å²) >= 11 is 0. The van der Waals surface area contributed by atoms with Gasteiger partial charge in [-0.25, -0.2) is 14.8 Å². The lowest BCUT2D eigenvalue weighted by Crippen LogP contribution is -2.36. The molecule has 5 N–H and O–H groups in total. The van der Waals surface area contributed by atoms with Crippen LogP contribution in [0.5, 0.6) is 0 Å². The zero-order valence-corrected chi connectivity index (χ0v) is 13.5. The minimum Gasteiger partial charge on any atom is -0.465 e. The first-order valence-corrected chi connectivity index (χ1v) is 7.43. The summed E-state index contributed by atoms with van der Waals surface area (Å²) in [6.45, 7) is 1.99. The number of amides is 2. The molecule has 1 heterocycles. The van der Waals surface area contributed by atoms with Crippen LogP contribution in [0.4, 0.5) is 10.6 Å². The van der Waals surface area contributed by atoms with Crippen molar-refractivity contribution in [3.8, 4) is 11.8 Å². The molecule has 0 bridgehead atoms. The van der Waals surface area contributed by atoms with E-state index in [-0.39, 0.29) is 17.4 Å². The van der Waals surface area contributed by atoms with Gasteiger partial charge in [-0.15, -0.1) is 0 Å². The maximum Gasteiger partial charge on any atom is 0.404 e. The number of carbonyl (C=O) groups is 2. The summed E-state index contributed by atoms with van der Waals surface area (Å²) in [6, 6.07) is 8.88. The van der Waals surface area contributed by atoms with E-state index in [2.05, 4.69) is 32.4 Å². The number of hydrogen-bond acceptors (Lipinski definition) is 5. The van der Waals surface area contributed by atoms with Gasteiger partial charge in [-0.3, -0.25) is 4.79 Å². The van der Waals surface area contributed by atoms with Gasteiger partial charge in [0.2, 0.25) is 0 Å². The Morgan fingerprint density at radius 1 is 1.28 bits per heavy atom. The van der Waals surface area contributed by atoms with E-state index in [0.29, 0.717) is 12.4 Å². The van der Waals surface area contributed by atoms with Crippen molar-refractivity contribution >= 4 is 17.8 Å². The predicted octanol–water partition coefficient (Wildman–Crippen LogP) is 1.04. The van der Waals surface area contributed by atoms with Gasteiger partial charge in [0, 0.05) is 18.2 Å². The van der Waals surface area contributed by atoms with Crippen LogP contribution in [0.3, 0.4) is 0 Å². The fraction of sp³-hybridized carbons (Fsp3) is 0.176. The van der Waals surface area contributed by atoms with Crippen molar-refractivity contribution in [2.75, 3.05) is 11.9 Å². The highest BCUT2D eigenvalue weighted by Crippen LogP contribution is 2.07. The van der Waals surface area contributed by atoms with E-state index in [1.807, 2.05) is 30.3 Å². The number of benzene rings is 1. The third-order valence-corrected chi connectivity index (χ3v) is 3.06. The number of primary amides is 1. The molecule has 0 radical (unpaired) electrons. The fourth-order valence-electron chi connectivity index (χ4n) is 1.91. The number of nitrogens with zero attached hydrogens (tertiary/aromatic N) is 2. The number of aromatic nitrogens is 2. The summed E-state index contributed by atoms with van der Waals surface area (Å²) in [6.07, 6.45) is 0.236. The van der Waals surface area contributed by atoms with E-state index in [0.717, 1.165) is 5.56 Å². The molecule has 0 aliphatic heterocycles. The summed E-state index contributed by atoms with van der Waals surface area (Å²) in [5.74, 6) is 5.33. The van der Waals surface area contributed by atoms with E-state index >= 15 is 0 Å². The molecule has 1 atom stereocenters. The Balaban J connectivity index is 2.20. The van der Waals surface area contributed by atoms with E-state index < -0.39 is 12.0 Å².